The van der Waals surface area contributed by atoms with Gasteiger partial charge in [-0.3, -0.25) is 4.79 Å². The number of likely N-dealkylation sites (N-methyl/N-ethyl adjacent to an activating group) is 1. The van der Waals surface area contributed by atoms with Crippen LogP contribution in [-0.2, 0) is 13.0 Å². The normalized spacial score (nSPS) is 15.6. The molecule has 1 aromatic carbocycles. The molecule has 4 rings (SSSR count). The molecule has 0 radical (unpaired) electrons. The molecule has 3 heterocycles. The quantitative estimate of drug-likeness (QED) is 0.665. The van der Waals surface area contributed by atoms with Crippen LogP contribution in [0.4, 0.5) is 5.95 Å². The van der Waals surface area contributed by atoms with Crippen molar-refractivity contribution in [1.29, 1.82) is 0 Å². The van der Waals surface area contributed by atoms with Gasteiger partial charge in [-0.05, 0) is 43.7 Å². The van der Waals surface area contributed by atoms with Crippen molar-refractivity contribution in [3.63, 3.8) is 0 Å². The Labute approximate surface area is 172 Å². The van der Waals surface area contributed by atoms with E-state index in [-0.39, 0.29) is 5.56 Å². The molecule has 8 heteroatoms. The highest BCUT2D eigenvalue weighted by atomic mass is 35.5. The molecule has 0 bridgehead atoms. The van der Waals surface area contributed by atoms with Crippen LogP contribution in [0.25, 0.3) is 15.9 Å². The molecule has 28 heavy (non-hydrogen) atoms. The number of rotatable bonds is 5. The third-order valence-electron chi connectivity index (χ3n) is 5.10. The molecular formula is C20H23ClN4O2S. The van der Waals surface area contributed by atoms with Gasteiger partial charge in [0.1, 0.15) is 4.83 Å². The van der Waals surface area contributed by atoms with Gasteiger partial charge in [-0.15, -0.1) is 11.3 Å². The molecular weight excluding hydrogens is 396 g/mol. The minimum Gasteiger partial charge on any atom is -0.391 e. The Balaban J connectivity index is 1.92. The van der Waals surface area contributed by atoms with E-state index in [1.54, 1.807) is 28.0 Å². The van der Waals surface area contributed by atoms with E-state index in [1.807, 2.05) is 19.1 Å². The van der Waals surface area contributed by atoms with Gasteiger partial charge in [-0.2, -0.15) is 0 Å². The number of hydrogen-bond donors (Lipinski definition) is 2. The van der Waals surface area contributed by atoms with Crippen molar-refractivity contribution in [2.24, 2.45) is 0 Å². The standard InChI is InChI=1S/C20H23ClN4O2S/c1-3-14(26)10-22-20-23-18-17(15-7-8-24(2)11-16(15)28-18)19(27)25(20)13-6-4-5-12(21)9-13/h4-6,9,14,26H,3,7-8,10-11H2,1-2H3,(H,22,23)/t14-/m1/s1. The molecule has 1 aliphatic heterocycles. The second-order valence-electron chi connectivity index (χ2n) is 7.17. The smallest absolute Gasteiger partial charge is 0.268 e. The predicted molar refractivity (Wildman–Crippen MR) is 115 cm³/mol. The number of nitrogens with zero attached hydrogens (tertiary/aromatic N) is 3. The number of aliphatic hydroxyl groups is 1. The van der Waals surface area contributed by atoms with Crippen LogP contribution in [0, 0.1) is 0 Å². The summed E-state index contributed by atoms with van der Waals surface area (Å²) in [6, 6.07) is 7.19. The van der Waals surface area contributed by atoms with Crippen LogP contribution in [0.2, 0.25) is 5.02 Å². The summed E-state index contributed by atoms with van der Waals surface area (Å²) in [5, 5.41) is 14.4. The van der Waals surface area contributed by atoms with Crippen molar-refractivity contribution >= 4 is 39.1 Å². The molecule has 0 amide bonds. The Hall–Kier alpha value is -1.93. The zero-order chi connectivity index (χ0) is 19.8. The van der Waals surface area contributed by atoms with Crippen molar-refractivity contribution in [3.05, 3.63) is 50.1 Å². The van der Waals surface area contributed by atoms with Crippen molar-refractivity contribution in [2.75, 3.05) is 25.5 Å². The topological polar surface area (TPSA) is 70.4 Å². The van der Waals surface area contributed by atoms with Crippen LogP contribution in [0.5, 0.6) is 0 Å². The first kappa shape index (κ1) is 19.4. The summed E-state index contributed by atoms with van der Waals surface area (Å²) in [7, 11) is 2.09. The number of anilines is 1. The van der Waals surface area contributed by atoms with Crippen LogP contribution in [0.1, 0.15) is 23.8 Å². The lowest BCUT2D eigenvalue weighted by Gasteiger charge is -2.22. The van der Waals surface area contributed by atoms with Gasteiger partial charge in [-0.25, -0.2) is 9.55 Å². The molecule has 0 unspecified atom stereocenters. The van der Waals surface area contributed by atoms with E-state index < -0.39 is 6.10 Å². The maximum Gasteiger partial charge on any atom is 0.268 e. The fraction of sp³-hybridized carbons (Fsp3) is 0.400. The molecule has 6 nitrogen and oxygen atoms in total. The summed E-state index contributed by atoms with van der Waals surface area (Å²) >= 11 is 7.76. The monoisotopic (exact) mass is 418 g/mol. The lowest BCUT2D eigenvalue weighted by atomic mass is 10.1. The average Bonchev–Trinajstić information content (AvgIpc) is 3.03. The van der Waals surface area contributed by atoms with Crippen molar-refractivity contribution < 1.29 is 5.11 Å². The zero-order valence-corrected chi connectivity index (χ0v) is 17.5. The third kappa shape index (κ3) is 3.55. The molecule has 0 saturated heterocycles. The van der Waals surface area contributed by atoms with E-state index in [4.69, 9.17) is 16.6 Å². The van der Waals surface area contributed by atoms with Crippen LogP contribution < -0.4 is 10.9 Å². The zero-order valence-electron chi connectivity index (χ0n) is 15.9. The van der Waals surface area contributed by atoms with Gasteiger partial charge in [0, 0.05) is 29.5 Å². The van der Waals surface area contributed by atoms with E-state index >= 15 is 0 Å². The maximum atomic E-state index is 13.6. The number of fused-ring (bicyclic) bond motifs is 3. The van der Waals surface area contributed by atoms with Gasteiger partial charge >= 0.3 is 0 Å². The number of benzene rings is 1. The van der Waals surface area contributed by atoms with Crippen LogP contribution in [0.15, 0.2) is 29.1 Å². The summed E-state index contributed by atoms with van der Waals surface area (Å²) in [6.07, 6.45) is 0.959. The van der Waals surface area contributed by atoms with Crippen molar-refractivity contribution in [3.8, 4) is 5.69 Å². The predicted octanol–water partition coefficient (Wildman–Crippen LogP) is 3.27. The van der Waals surface area contributed by atoms with E-state index in [0.717, 1.165) is 29.9 Å². The van der Waals surface area contributed by atoms with Gasteiger partial charge in [0.2, 0.25) is 5.95 Å². The van der Waals surface area contributed by atoms with Gasteiger partial charge in [0.15, 0.2) is 0 Å². The summed E-state index contributed by atoms with van der Waals surface area (Å²) in [5.74, 6) is 0.430. The van der Waals surface area contributed by atoms with E-state index in [0.29, 0.717) is 35.0 Å². The number of aliphatic hydroxyl groups excluding tert-OH is 1. The highest BCUT2D eigenvalue weighted by Gasteiger charge is 2.24. The molecule has 1 atom stereocenters. The second-order valence-corrected chi connectivity index (χ2v) is 8.69. The van der Waals surface area contributed by atoms with E-state index in [9.17, 15) is 9.90 Å². The minimum atomic E-state index is -0.509. The SMILES string of the molecule is CC[C@@H](O)CNc1nc2sc3c(c2c(=O)n1-c1cccc(Cl)c1)CCN(C)C3. The van der Waals surface area contributed by atoms with Crippen molar-refractivity contribution in [2.45, 2.75) is 32.4 Å². The molecule has 3 aromatic rings. The molecule has 2 aromatic heterocycles. The highest BCUT2D eigenvalue weighted by Crippen LogP contribution is 2.33. The molecule has 0 aliphatic carbocycles. The van der Waals surface area contributed by atoms with Gasteiger partial charge in [0.05, 0.1) is 17.2 Å². The molecule has 0 fully saturated rings. The van der Waals surface area contributed by atoms with Gasteiger partial charge < -0.3 is 15.3 Å². The Morgan fingerprint density at radius 3 is 3.00 bits per heavy atom. The Morgan fingerprint density at radius 2 is 2.25 bits per heavy atom. The van der Waals surface area contributed by atoms with E-state index in [2.05, 4.69) is 17.3 Å². The largest absolute Gasteiger partial charge is 0.391 e. The maximum absolute atomic E-state index is 13.6. The lowest BCUT2D eigenvalue weighted by molar-refractivity contribution is 0.183. The lowest BCUT2D eigenvalue weighted by Crippen LogP contribution is -2.28. The third-order valence-corrected chi connectivity index (χ3v) is 6.44. The minimum absolute atomic E-state index is 0.0946. The molecule has 148 valence electrons. The first-order valence-corrected chi connectivity index (χ1v) is 10.6. The Bertz CT molecular complexity index is 1080. The van der Waals surface area contributed by atoms with Crippen LogP contribution in [0.3, 0.4) is 0 Å². The fourth-order valence-corrected chi connectivity index (χ4v) is 4.97. The number of aromatic nitrogens is 2. The summed E-state index contributed by atoms with van der Waals surface area (Å²) in [6.45, 7) is 4.00. The second kappa shape index (κ2) is 7.83. The molecule has 0 saturated carbocycles. The molecule has 0 spiro atoms. The number of halogens is 1. The van der Waals surface area contributed by atoms with Crippen LogP contribution in [-0.4, -0.2) is 45.8 Å². The first-order chi connectivity index (χ1) is 13.5. The van der Waals surface area contributed by atoms with Gasteiger partial charge in [-0.1, -0.05) is 24.6 Å². The summed E-state index contributed by atoms with van der Waals surface area (Å²) in [5.41, 5.74) is 1.68. The van der Waals surface area contributed by atoms with E-state index in [1.165, 1.54) is 4.88 Å². The summed E-state index contributed by atoms with van der Waals surface area (Å²) in [4.78, 5) is 22.5. The average molecular weight is 419 g/mol. The number of hydrogen-bond acceptors (Lipinski definition) is 6. The Morgan fingerprint density at radius 1 is 1.43 bits per heavy atom. The first-order valence-electron chi connectivity index (χ1n) is 9.41. The number of nitrogens with one attached hydrogen (secondary N) is 1. The molecule has 2 N–H and O–H groups in total. The highest BCUT2D eigenvalue weighted by molar-refractivity contribution is 7.18. The summed E-state index contributed by atoms with van der Waals surface area (Å²) < 4.78 is 1.57. The fourth-order valence-electron chi connectivity index (χ4n) is 3.50. The van der Waals surface area contributed by atoms with Crippen molar-refractivity contribution in [1.82, 2.24) is 14.5 Å². The Kier molecular flexibility index (Phi) is 5.42. The van der Waals surface area contributed by atoms with Gasteiger partial charge in [0.25, 0.3) is 5.56 Å². The van der Waals surface area contributed by atoms with Crippen LogP contribution >= 0.6 is 22.9 Å². The molecule has 1 aliphatic rings. The number of thiophene rings is 1.